The third kappa shape index (κ3) is 4.25. The van der Waals surface area contributed by atoms with Crippen molar-refractivity contribution >= 4 is 17.4 Å². The minimum Gasteiger partial charge on any atom is -0.455 e. The smallest absolute Gasteiger partial charge is 0.416 e. The number of nitrogens with one attached hydrogen (secondary N) is 1. The standard InChI is InChI=1S/C23H17F3N4O2S/c1-2-33-22-28-21-19(29-30-22)15-8-3-4-9-16(15)27-20(32-21)18-11-10-17(31-18)13-6-5-7-14(12-13)23(24,25)26/h3-12,20,27H,2H2,1H3. The van der Waals surface area contributed by atoms with E-state index >= 15 is 0 Å². The lowest BCUT2D eigenvalue weighted by Crippen LogP contribution is -2.16. The molecule has 0 saturated heterocycles. The van der Waals surface area contributed by atoms with E-state index in [2.05, 4.69) is 20.5 Å². The minimum absolute atomic E-state index is 0.292. The SMILES string of the molecule is CCSc1nnc2c(n1)OC(c1ccc(-c3cccc(C(F)(F)F)c3)o1)Nc1ccccc1-2. The lowest BCUT2D eigenvalue weighted by Gasteiger charge is -2.16. The van der Waals surface area contributed by atoms with Gasteiger partial charge in [-0.25, -0.2) is 0 Å². The number of fused-ring (bicyclic) bond motifs is 3. The van der Waals surface area contributed by atoms with Gasteiger partial charge in [-0.1, -0.05) is 49.0 Å². The van der Waals surface area contributed by atoms with Crippen LogP contribution in [0.4, 0.5) is 18.9 Å². The molecule has 1 N–H and O–H groups in total. The number of anilines is 1. The van der Waals surface area contributed by atoms with Gasteiger partial charge >= 0.3 is 6.18 Å². The molecule has 0 spiro atoms. The van der Waals surface area contributed by atoms with Gasteiger partial charge in [0.05, 0.1) is 5.56 Å². The second-order valence-electron chi connectivity index (χ2n) is 7.15. The molecule has 1 unspecified atom stereocenters. The Balaban J connectivity index is 1.52. The first-order chi connectivity index (χ1) is 15.9. The second-order valence-corrected chi connectivity index (χ2v) is 8.38. The molecule has 0 saturated carbocycles. The lowest BCUT2D eigenvalue weighted by molar-refractivity contribution is -0.137. The molecule has 1 aliphatic rings. The molecule has 0 fully saturated rings. The Morgan fingerprint density at radius 1 is 1.03 bits per heavy atom. The van der Waals surface area contributed by atoms with E-state index in [1.807, 2.05) is 31.2 Å². The minimum atomic E-state index is -4.44. The van der Waals surface area contributed by atoms with Crippen molar-refractivity contribution in [3.05, 3.63) is 72.0 Å². The molecule has 1 aliphatic heterocycles. The first-order valence-corrected chi connectivity index (χ1v) is 11.1. The van der Waals surface area contributed by atoms with Crippen molar-refractivity contribution in [2.24, 2.45) is 0 Å². The van der Waals surface area contributed by atoms with Crippen LogP contribution in [0.3, 0.4) is 0 Å². The summed E-state index contributed by atoms with van der Waals surface area (Å²) in [4.78, 5) is 4.50. The van der Waals surface area contributed by atoms with Crippen LogP contribution >= 0.6 is 11.8 Å². The van der Waals surface area contributed by atoms with Gasteiger partial charge in [0, 0.05) is 16.8 Å². The van der Waals surface area contributed by atoms with E-state index < -0.39 is 18.0 Å². The molecule has 0 aliphatic carbocycles. The molecular formula is C23H17F3N4O2S. The number of para-hydroxylation sites is 1. The van der Waals surface area contributed by atoms with Gasteiger partial charge in [0.1, 0.15) is 5.76 Å². The Hall–Kier alpha value is -3.53. The number of benzene rings is 2. The molecule has 6 nitrogen and oxygen atoms in total. The number of hydrogen-bond acceptors (Lipinski definition) is 7. The molecule has 3 heterocycles. The van der Waals surface area contributed by atoms with Crippen molar-refractivity contribution in [1.29, 1.82) is 0 Å². The number of hydrogen-bond donors (Lipinski definition) is 1. The molecule has 0 amide bonds. The zero-order valence-electron chi connectivity index (χ0n) is 17.3. The van der Waals surface area contributed by atoms with E-state index in [9.17, 15) is 13.2 Å². The van der Waals surface area contributed by atoms with Crippen molar-refractivity contribution in [3.63, 3.8) is 0 Å². The van der Waals surface area contributed by atoms with E-state index in [4.69, 9.17) is 9.15 Å². The first-order valence-electron chi connectivity index (χ1n) is 10.1. The summed E-state index contributed by atoms with van der Waals surface area (Å²) in [7, 11) is 0. The van der Waals surface area contributed by atoms with Crippen molar-refractivity contribution in [3.8, 4) is 28.5 Å². The molecule has 10 heteroatoms. The summed E-state index contributed by atoms with van der Waals surface area (Å²) in [5.74, 6) is 1.74. The van der Waals surface area contributed by atoms with Gasteiger partial charge in [-0.2, -0.15) is 18.2 Å². The maximum atomic E-state index is 13.1. The number of rotatable bonds is 4. The maximum Gasteiger partial charge on any atom is 0.416 e. The number of furan rings is 1. The number of halogens is 3. The molecule has 168 valence electrons. The molecule has 2 aromatic carbocycles. The summed E-state index contributed by atoms with van der Waals surface area (Å²) in [6, 6.07) is 15.8. The highest BCUT2D eigenvalue weighted by atomic mass is 32.2. The largest absolute Gasteiger partial charge is 0.455 e. The fourth-order valence-corrected chi connectivity index (χ4v) is 3.97. The number of aromatic nitrogens is 3. The highest BCUT2D eigenvalue weighted by Crippen LogP contribution is 2.40. The van der Waals surface area contributed by atoms with Gasteiger partial charge in [0.25, 0.3) is 0 Å². The van der Waals surface area contributed by atoms with Crippen LogP contribution in [0.15, 0.2) is 70.2 Å². The quantitative estimate of drug-likeness (QED) is 0.345. The van der Waals surface area contributed by atoms with E-state index in [1.165, 1.54) is 17.8 Å². The molecule has 5 rings (SSSR count). The molecule has 33 heavy (non-hydrogen) atoms. The summed E-state index contributed by atoms with van der Waals surface area (Å²) in [6.07, 6.45) is -5.21. The third-order valence-corrected chi connectivity index (χ3v) is 5.69. The predicted octanol–water partition coefficient (Wildman–Crippen LogP) is 6.43. The van der Waals surface area contributed by atoms with Gasteiger partial charge in [0.15, 0.2) is 11.5 Å². The van der Waals surface area contributed by atoms with Crippen molar-refractivity contribution in [2.45, 2.75) is 24.5 Å². The number of thioether (sulfide) groups is 1. The number of ether oxygens (including phenoxy) is 1. The monoisotopic (exact) mass is 470 g/mol. The summed E-state index contributed by atoms with van der Waals surface area (Å²) < 4.78 is 51.4. The average molecular weight is 470 g/mol. The molecule has 2 aromatic heterocycles. The fourth-order valence-electron chi connectivity index (χ4n) is 3.46. The van der Waals surface area contributed by atoms with E-state index in [1.54, 1.807) is 18.2 Å². The third-order valence-electron chi connectivity index (χ3n) is 4.97. The Morgan fingerprint density at radius 3 is 2.70 bits per heavy atom. The summed E-state index contributed by atoms with van der Waals surface area (Å²) in [6.45, 7) is 1.98. The van der Waals surface area contributed by atoms with Gasteiger partial charge in [-0.3, -0.25) is 0 Å². The van der Waals surface area contributed by atoms with Crippen LogP contribution in [0.2, 0.25) is 0 Å². The van der Waals surface area contributed by atoms with Crippen molar-refractivity contribution < 1.29 is 22.3 Å². The molecule has 0 bridgehead atoms. The molecular weight excluding hydrogens is 453 g/mol. The van der Waals surface area contributed by atoms with Crippen LogP contribution < -0.4 is 10.1 Å². The zero-order valence-corrected chi connectivity index (χ0v) is 18.1. The van der Waals surface area contributed by atoms with Crippen LogP contribution in [-0.4, -0.2) is 20.9 Å². The zero-order chi connectivity index (χ0) is 23.0. The summed E-state index contributed by atoms with van der Waals surface area (Å²) in [5.41, 5.74) is 1.58. The normalized spacial score (nSPS) is 15.1. The van der Waals surface area contributed by atoms with Crippen LogP contribution in [0, 0.1) is 0 Å². The molecule has 1 atom stereocenters. The van der Waals surface area contributed by atoms with Gasteiger partial charge < -0.3 is 14.5 Å². The molecule has 4 aromatic rings. The Bertz CT molecular complexity index is 1310. The lowest BCUT2D eigenvalue weighted by atomic mass is 10.1. The predicted molar refractivity (Wildman–Crippen MR) is 118 cm³/mol. The highest BCUT2D eigenvalue weighted by Gasteiger charge is 2.31. The van der Waals surface area contributed by atoms with Gasteiger partial charge in [0.2, 0.25) is 17.3 Å². The summed E-state index contributed by atoms with van der Waals surface area (Å²) >= 11 is 1.44. The second kappa shape index (κ2) is 8.43. The maximum absolute atomic E-state index is 13.1. The average Bonchev–Trinajstić information content (AvgIpc) is 3.23. The van der Waals surface area contributed by atoms with Crippen LogP contribution in [0.5, 0.6) is 5.88 Å². The van der Waals surface area contributed by atoms with Crippen LogP contribution in [-0.2, 0) is 6.18 Å². The van der Waals surface area contributed by atoms with Crippen molar-refractivity contribution in [2.75, 3.05) is 11.1 Å². The van der Waals surface area contributed by atoms with Crippen molar-refractivity contribution in [1.82, 2.24) is 15.2 Å². The van der Waals surface area contributed by atoms with Gasteiger partial charge in [-0.15, -0.1) is 10.2 Å². The topological polar surface area (TPSA) is 73.1 Å². The van der Waals surface area contributed by atoms with E-state index in [0.29, 0.717) is 33.8 Å². The number of alkyl halides is 3. The molecule has 0 radical (unpaired) electrons. The Morgan fingerprint density at radius 2 is 1.88 bits per heavy atom. The van der Waals surface area contributed by atoms with E-state index in [0.717, 1.165) is 29.1 Å². The number of nitrogens with zero attached hydrogens (tertiary/aromatic N) is 3. The van der Waals surface area contributed by atoms with Crippen LogP contribution in [0.25, 0.3) is 22.6 Å². The fraction of sp³-hybridized carbons (Fsp3) is 0.174. The van der Waals surface area contributed by atoms with E-state index in [-0.39, 0.29) is 0 Å². The highest BCUT2D eigenvalue weighted by molar-refractivity contribution is 7.99. The van der Waals surface area contributed by atoms with Crippen LogP contribution in [0.1, 0.15) is 24.5 Å². The Labute approximate surface area is 191 Å². The van der Waals surface area contributed by atoms with Gasteiger partial charge in [-0.05, 0) is 36.1 Å². The Kier molecular flexibility index (Phi) is 5.45. The first kappa shape index (κ1) is 21.3. The summed E-state index contributed by atoms with van der Waals surface area (Å²) in [5, 5.41) is 12.2.